The van der Waals surface area contributed by atoms with Crippen molar-refractivity contribution in [1.82, 2.24) is 10.2 Å². The van der Waals surface area contributed by atoms with Crippen LogP contribution in [-0.2, 0) is 9.59 Å². The van der Waals surface area contributed by atoms with E-state index in [1.54, 1.807) is 0 Å². The summed E-state index contributed by atoms with van der Waals surface area (Å²) in [7, 11) is 1.18. The highest BCUT2D eigenvalue weighted by molar-refractivity contribution is 7.80. The minimum absolute atomic E-state index is 0.0643. The van der Waals surface area contributed by atoms with Crippen LogP contribution in [0, 0.1) is 10.1 Å². The number of nitro benzene ring substituents is 1. The zero-order valence-electron chi connectivity index (χ0n) is 13.0. The molecule has 0 radical (unpaired) electrons. The van der Waals surface area contributed by atoms with E-state index >= 15 is 0 Å². The number of nitrogens with one attached hydrogen (secondary N) is 1. The smallest absolute Gasteiger partial charge is 0.266 e. The summed E-state index contributed by atoms with van der Waals surface area (Å²) in [6.45, 7) is 3.58. The van der Waals surface area contributed by atoms with Crippen molar-refractivity contribution in [2.24, 2.45) is 0 Å². The standard InChI is InChI=1S/C15H13N3O6S/c1-3-4-17-14(21)9(13(20)16-15(17)25)5-8-6-10(18(22)23)12(19)11(7-8)24-2/h3,5-7,19H,1,4H2,2H3,(H,16,20,25)/p-1/b9-5-. The van der Waals surface area contributed by atoms with Gasteiger partial charge in [-0.2, -0.15) is 0 Å². The second kappa shape index (κ2) is 7.09. The zero-order chi connectivity index (χ0) is 18.7. The van der Waals surface area contributed by atoms with Crippen LogP contribution >= 0.6 is 12.2 Å². The number of hydrogen-bond donors (Lipinski definition) is 1. The number of nitrogens with zero attached hydrogens (tertiary/aromatic N) is 2. The molecule has 0 unspecified atom stereocenters. The van der Waals surface area contributed by atoms with E-state index in [0.717, 1.165) is 17.0 Å². The first kappa shape index (κ1) is 18.1. The third kappa shape index (κ3) is 3.48. The first-order chi connectivity index (χ1) is 11.8. The number of thiocarbonyl (C=S) groups is 1. The molecular formula is C15H12N3O6S-. The van der Waals surface area contributed by atoms with Gasteiger partial charge in [-0.05, 0) is 29.9 Å². The molecule has 2 amide bonds. The number of carbonyl (C=O) groups is 2. The Morgan fingerprint density at radius 3 is 2.68 bits per heavy atom. The van der Waals surface area contributed by atoms with Crippen molar-refractivity contribution in [3.8, 4) is 11.5 Å². The number of carbonyl (C=O) groups excluding carboxylic acids is 2. The maximum atomic E-state index is 12.4. The van der Waals surface area contributed by atoms with Gasteiger partial charge in [0, 0.05) is 18.4 Å². The van der Waals surface area contributed by atoms with Crippen LogP contribution in [0.3, 0.4) is 0 Å². The normalized spacial score (nSPS) is 16.0. The Labute approximate surface area is 147 Å². The fraction of sp³-hybridized carbons (Fsp3) is 0.133. The van der Waals surface area contributed by atoms with E-state index in [0.29, 0.717) is 0 Å². The van der Waals surface area contributed by atoms with Gasteiger partial charge in [0.2, 0.25) is 0 Å². The van der Waals surface area contributed by atoms with Gasteiger partial charge in [-0.1, -0.05) is 6.08 Å². The largest absolute Gasteiger partial charge is 0.865 e. The molecule has 25 heavy (non-hydrogen) atoms. The Morgan fingerprint density at radius 1 is 1.44 bits per heavy atom. The number of amides is 2. The van der Waals surface area contributed by atoms with Gasteiger partial charge >= 0.3 is 0 Å². The maximum Gasteiger partial charge on any atom is 0.266 e. The Bertz CT molecular complexity index is 833. The van der Waals surface area contributed by atoms with E-state index in [1.165, 1.54) is 19.3 Å². The summed E-state index contributed by atoms with van der Waals surface area (Å²) in [6, 6.07) is 2.16. The summed E-state index contributed by atoms with van der Waals surface area (Å²) in [6.07, 6.45) is 2.56. The fourth-order valence-corrected chi connectivity index (χ4v) is 2.38. The quantitative estimate of drug-likeness (QED) is 0.202. The van der Waals surface area contributed by atoms with Crippen molar-refractivity contribution >= 4 is 40.9 Å². The molecule has 1 aliphatic rings. The van der Waals surface area contributed by atoms with Crippen LogP contribution in [-0.4, -0.2) is 40.4 Å². The number of methoxy groups -OCH3 is 1. The first-order valence-corrected chi connectivity index (χ1v) is 7.24. The van der Waals surface area contributed by atoms with Crippen molar-refractivity contribution in [3.05, 3.63) is 46.0 Å². The van der Waals surface area contributed by atoms with Gasteiger partial charge in [0.1, 0.15) is 11.3 Å². The Morgan fingerprint density at radius 2 is 2.12 bits per heavy atom. The first-order valence-electron chi connectivity index (χ1n) is 6.83. The molecule has 1 N–H and O–H groups in total. The van der Waals surface area contributed by atoms with Crippen LogP contribution in [0.5, 0.6) is 11.5 Å². The zero-order valence-corrected chi connectivity index (χ0v) is 13.8. The molecule has 0 atom stereocenters. The molecule has 1 fully saturated rings. The lowest BCUT2D eigenvalue weighted by atomic mass is 10.1. The SMILES string of the molecule is C=CCN1C(=O)/C(=C\c2cc(OC)c([O-])c([N+](=O)[O-])c2)C(=O)NC1=S. The summed E-state index contributed by atoms with van der Waals surface area (Å²) in [5.74, 6) is -2.60. The molecular weight excluding hydrogens is 350 g/mol. The molecule has 0 bridgehead atoms. The van der Waals surface area contributed by atoms with Crippen molar-refractivity contribution in [3.63, 3.8) is 0 Å². The molecule has 0 aliphatic carbocycles. The van der Waals surface area contributed by atoms with Crippen LogP contribution in [0.2, 0.25) is 0 Å². The summed E-state index contributed by atoms with van der Waals surface area (Å²) in [4.78, 5) is 35.7. The number of rotatable bonds is 5. The van der Waals surface area contributed by atoms with Crippen LogP contribution in [0.15, 0.2) is 30.4 Å². The van der Waals surface area contributed by atoms with Crippen molar-refractivity contribution in [1.29, 1.82) is 0 Å². The average Bonchev–Trinajstić information content (AvgIpc) is 2.56. The van der Waals surface area contributed by atoms with E-state index in [-0.39, 0.29) is 28.5 Å². The van der Waals surface area contributed by atoms with Crippen molar-refractivity contribution in [2.75, 3.05) is 13.7 Å². The van der Waals surface area contributed by atoms with Crippen LogP contribution in [0.4, 0.5) is 5.69 Å². The molecule has 2 rings (SSSR count). The van der Waals surface area contributed by atoms with Gasteiger partial charge in [0.25, 0.3) is 17.5 Å². The molecule has 130 valence electrons. The highest BCUT2D eigenvalue weighted by Crippen LogP contribution is 2.35. The fourth-order valence-electron chi connectivity index (χ4n) is 2.13. The monoisotopic (exact) mass is 362 g/mol. The summed E-state index contributed by atoms with van der Waals surface area (Å²) < 4.78 is 4.82. The molecule has 0 aromatic heterocycles. The number of hydrogen-bond acceptors (Lipinski definition) is 7. The van der Waals surface area contributed by atoms with E-state index in [2.05, 4.69) is 11.9 Å². The van der Waals surface area contributed by atoms with Gasteiger partial charge in [-0.15, -0.1) is 6.58 Å². The van der Waals surface area contributed by atoms with Crippen LogP contribution < -0.4 is 15.2 Å². The van der Waals surface area contributed by atoms with E-state index in [1.807, 2.05) is 0 Å². The Balaban J connectivity index is 2.54. The predicted octanol–water partition coefficient (Wildman–Crippen LogP) is 0.490. The van der Waals surface area contributed by atoms with Gasteiger partial charge in [0.05, 0.1) is 12.0 Å². The second-order valence-corrected chi connectivity index (χ2v) is 5.24. The van der Waals surface area contributed by atoms with Gasteiger partial charge < -0.3 is 9.84 Å². The minimum Gasteiger partial charge on any atom is -0.865 e. The lowest BCUT2D eigenvalue weighted by Gasteiger charge is -2.27. The lowest BCUT2D eigenvalue weighted by molar-refractivity contribution is -0.398. The number of ether oxygens (including phenoxy) is 1. The molecule has 1 saturated heterocycles. The third-order valence-electron chi connectivity index (χ3n) is 3.28. The Hall–Kier alpha value is -3.27. The van der Waals surface area contributed by atoms with E-state index < -0.39 is 28.2 Å². The third-order valence-corrected chi connectivity index (χ3v) is 3.61. The molecule has 1 heterocycles. The van der Waals surface area contributed by atoms with Crippen molar-refractivity contribution in [2.45, 2.75) is 0 Å². The van der Waals surface area contributed by atoms with E-state index in [9.17, 15) is 24.8 Å². The summed E-state index contributed by atoms with van der Waals surface area (Å²) in [5, 5.41) is 25.1. The van der Waals surface area contributed by atoms with Crippen LogP contribution in [0.25, 0.3) is 6.08 Å². The lowest BCUT2D eigenvalue weighted by Crippen LogP contribution is -2.53. The van der Waals surface area contributed by atoms with Gasteiger partial charge in [-0.25, -0.2) is 0 Å². The molecule has 1 aliphatic heterocycles. The molecule has 1 aromatic carbocycles. The highest BCUT2D eigenvalue weighted by atomic mass is 32.1. The summed E-state index contributed by atoms with van der Waals surface area (Å²) >= 11 is 4.92. The average molecular weight is 362 g/mol. The van der Waals surface area contributed by atoms with Crippen molar-refractivity contribution < 1.29 is 24.4 Å². The summed E-state index contributed by atoms with van der Waals surface area (Å²) in [5.41, 5.74) is -0.924. The molecule has 10 heteroatoms. The van der Waals surface area contributed by atoms with E-state index in [4.69, 9.17) is 17.0 Å². The number of benzene rings is 1. The number of nitro groups is 1. The molecule has 0 saturated carbocycles. The highest BCUT2D eigenvalue weighted by Gasteiger charge is 2.32. The molecule has 9 nitrogen and oxygen atoms in total. The molecule has 0 spiro atoms. The topological polar surface area (TPSA) is 125 Å². The second-order valence-electron chi connectivity index (χ2n) is 4.85. The predicted molar refractivity (Wildman–Crippen MR) is 89.7 cm³/mol. The van der Waals surface area contributed by atoms with Crippen LogP contribution in [0.1, 0.15) is 5.56 Å². The Kier molecular flexibility index (Phi) is 5.13. The minimum atomic E-state index is -0.900. The van der Waals surface area contributed by atoms with Gasteiger partial charge in [-0.3, -0.25) is 29.9 Å². The maximum absolute atomic E-state index is 12.4. The van der Waals surface area contributed by atoms with Gasteiger partial charge in [0.15, 0.2) is 5.11 Å². The molecule has 1 aromatic rings.